The highest BCUT2D eigenvalue weighted by molar-refractivity contribution is 5.42. The van der Waals surface area contributed by atoms with Gasteiger partial charge in [0.15, 0.2) is 0 Å². The lowest BCUT2D eigenvalue weighted by Crippen LogP contribution is -2.32. The van der Waals surface area contributed by atoms with Crippen molar-refractivity contribution in [2.24, 2.45) is 5.73 Å². The van der Waals surface area contributed by atoms with Crippen molar-refractivity contribution in [3.8, 4) is 5.75 Å². The maximum atomic E-state index is 9.82. The van der Waals surface area contributed by atoms with Gasteiger partial charge in [-0.25, -0.2) is 0 Å². The summed E-state index contributed by atoms with van der Waals surface area (Å²) in [6, 6.07) is 3.31. The number of benzene rings is 1. The van der Waals surface area contributed by atoms with Crippen molar-refractivity contribution >= 4 is 0 Å². The molecule has 17 heavy (non-hydrogen) atoms. The Labute approximate surface area is 103 Å². The Morgan fingerprint density at radius 2 is 1.65 bits per heavy atom. The van der Waals surface area contributed by atoms with E-state index in [2.05, 4.69) is 6.92 Å². The highest BCUT2D eigenvalue weighted by atomic mass is 16.3. The van der Waals surface area contributed by atoms with Crippen LogP contribution in [-0.4, -0.2) is 22.4 Å². The molecule has 3 unspecified atom stereocenters. The summed E-state index contributed by atoms with van der Waals surface area (Å²) in [6.45, 7) is 7.86. The Morgan fingerprint density at radius 1 is 1.18 bits per heavy atom. The third-order valence-corrected chi connectivity index (χ3v) is 3.27. The van der Waals surface area contributed by atoms with Crippen LogP contribution in [0.4, 0.5) is 0 Å². The Bertz CT molecular complexity index is 365. The molecule has 0 saturated carbocycles. The van der Waals surface area contributed by atoms with Gasteiger partial charge in [-0.2, -0.15) is 0 Å². The van der Waals surface area contributed by atoms with E-state index in [1.165, 1.54) is 5.56 Å². The molecule has 0 saturated heterocycles. The van der Waals surface area contributed by atoms with Gasteiger partial charge < -0.3 is 15.9 Å². The number of phenolic OH excluding ortho intramolecular Hbond substituents is 1. The van der Waals surface area contributed by atoms with E-state index in [0.717, 1.165) is 11.1 Å². The number of hydrogen-bond acceptors (Lipinski definition) is 3. The van der Waals surface area contributed by atoms with Gasteiger partial charge in [-0.05, 0) is 61.9 Å². The molecule has 3 atom stereocenters. The number of rotatable bonds is 4. The second kappa shape index (κ2) is 5.52. The zero-order valence-electron chi connectivity index (χ0n) is 11.1. The fourth-order valence-corrected chi connectivity index (χ4v) is 2.42. The molecule has 1 aromatic rings. The van der Waals surface area contributed by atoms with Crippen molar-refractivity contribution in [1.82, 2.24) is 0 Å². The van der Waals surface area contributed by atoms with Crippen LogP contribution in [0, 0.1) is 13.8 Å². The van der Waals surface area contributed by atoms with Gasteiger partial charge in [0, 0.05) is 6.04 Å². The highest BCUT2D eigenvalue weighted by Gasteiger charge is 2.18. The SMILES string of the molecule is Cc1cc(O)cc(C)c1C(C)CC(O)C(C)N. The number of phenols is 1. The molecule has 1 aromatic carbocycles. The molecular weight excluding hydrogens is 214 g/mol. The van der Waals surface area contributed by atoms with Crippen molar-refractivity contribution < 1.29 is 10.2 Å². The minimum Gasteiger partial charge on any atom is -0.508 e. The predicted octanol–water partition coefficient (Wildman–Crippen LogP) is 2.21. The van der Waals surface area contributed by atoms with E-state index in [1.807, 2.05) is 20.8 Å². The maximum Gasteiger partial charge on any atom is 0.116 e. The van der Waals surface area contributed by atoms with Crippen molar-refractivity contribution in [1.29, 1.82) is 0 Å². The summed E-state index contributed by atoms with van der Waals surface area (Å²) >= 11 is 0. The minimum atomic E-state index is -0.488. The predicted molar refractivity (Wildman–Crippen MR) is 70.3 cm³/mol. The molecule has 0 radical (unpaired) electrons. The molecule has 4 N–H and O–H groups in total. The Kier molecular flexibility index (Phi) is 4.54. The number of aliphatic hydroxyl groups excluding tert-OH is 1. The number of hydrogen-bond donors (Lipinski definition) is 3. The van der Waals surface area contributed by atoms with Crippen LogP contribution in [0.15, 0.2) is 12.1 Å². The molecule has 0 spiro atoms. The summed E-state index contributed by atoms with van der Waals surface area (Å²) in [5.74, 6) is 0.528. The molecule has 0 amide bonds. The largest absolute Gasteiger partial charge is 0.508 e. The van der Waals surface area contributed by atoms with Gasteiger partial charge in [-0.1, -0.05) is 6.92 Å². The van der Waals surface area contributed by atoms with E-state index in [0.29, 0.717) is 12.2 Å². The van der Waals surface area contributed by atoms with Crippen molar-refractivity contribution in [2.75, 3.05) is 0 Å². The maximum absolute atomic E-state index is 9.82. The smallest absolute Gasteiger partial charge is 0.116 e. The minimum absolute atomic E-state index is 0.213. The van der Waals surface area contributed by atoms with Gasteiger partial charge in [0.1, 0.15) is 5.75 Å². The molecule has 96 valence electrons. The quantitative estimate of drug-likeness (QED) is 0.752. The van der Waals surface area contributed by atoms with Gasteiger partial charge in [-0.3, -0.25) is 0 Å². The Hall–Kier alpha value is -1.06. The molecule has 0 aromatic heterocycles. The molecule has 3 nitrogen and oxygen atoms in total. The standard InChI is InChI=1S/C14H23NO2/c1-8-5-12(16)6-9(2)14(8)10(3)7-13(17)11(4)15/h5-6,10-11,13,16-17H,7,15H2,1-4H3. The van der Waals surface area contributed by atoms with Gasteiger partial charge in [0.05, 0.1) is 6.10 Å². The summed E-state index contributed by atoms with van der Waals surface area (Å²) in [7, 11) is 0. The molecule has 0 aliphatic rings. The lowest BCUT2D eigenvalue weighted by molar-refractivity contribution is 0.134. The van der Waals surface area contributed by atoms with Crippen LogP contribution < -0.4 is 5.73 Å². The number of aliphatic hydroxyl groups is 1. The normalized spacial score (nSPS) is 16.6. The fourth-order valence-electron chi connectivity index (χ4n) is 2.42. The monoisotopic (exact) mass is 237 g/mol. The third-order valence-electron chi connectivity index (χ3n) is 3.27. The second-order valence-electron chi connectivity index (χ2n) is 5.06. The van der Waals surface area contributed by atoms with Crippen molar-refractivity contribution in [3.63, 3.8) is 0 Å². The summed E-state index contributed by atoms with van der Waals surface area (Å²) in [5.41, 5.74) is 8.99. The first kappa shape index (κ1) is 14.0. The van der Waals surface area contributed by atoms with Gasteiger partial charge in [0.25, 0.3) is 0 Å². The van der Waals surface area contributed by atoms with E-state index in [-0.39, 0.29) is 12.0 Å². The summed E-state index contributed by atoms with van der Waals surface area (Å²) in [4.78, 5) is 0. The summed E-state index contributed by atoms with van der Waals surface area (Å²) in [5, 5.41) is 19.3. The molecular formula is C14H23NO2. The van der Waals surface area contributed by atoms with E-state index in [9.17, 15) is 10.2 Å². The van der Waals surface area contributed by atoms with Gasteiger partial charge >= 0.3 is 0 Å². The van der Waals surface area contributed by atoms with Crippen LogP contribution in [-0.2, 0) is 0 Å². The average Bonchev–Trinajstić information content (AvgIpc) is 2.15. The first-order valence-electron chi connectivity index (χ1n) is 6.06. The molecule has 0 heterocycles. The number of aryl methyl sites for hydroxylation is 2. The Morgan fingerprint density at radius 3 is 2.06 bits per heavy atom. The lowest BCUT2D eigenvalue weighted by atomic mass is 9.87. The first-order chi connectivity index (χ1) is 7.82. The van der Waals surface area contributed by atoms with Crippen molar-refractivity contribution in [2.45, 2.75) is 52.2 Å². The molecule has 0 fully saturated rings. The molecule has 3 heteroatoms. The van der Waals surface area contributed by atoms with E-state index >= 15 is 0 Å². The van der Waals surface area contributed by atoms with Crippen LogP contribution >= 0.6 is 0 Å². The molecule has 0 bridgehead atoms. The van der Waals surface area contributed by atoms with Crippen LogP contribution in [0.25, 0.3) is 0 Å². The second-order valence-corrected chi connectivity index (χ2v) is 5.06. The van der Waals surface area contributed by atoms with Crippen LogP contribution in [0.2, 0.25) is 0 Å². The summed E-state index contributed by atoms with van der Waals surface area (Å²) in [6.07, 6.45) is 0.155. The van der Waals surface area contributed by atoms with Gasteiger partial charge in [0.2, 0.25) is 0 Å². The van der Waals surface area contributed by atoms with E-state index in [4.69, 9.17) is 5.73 Å². The Balaban J connectivity index is 2.93. The zero-order chi connectivity index (χ0) is 13.2. The molecule has 0 aliphatic carbocycles. The lowest BCUT2D eigenvalue weighted by Gasteiger charge is -2.22. The van der Waals surface area contributed by atoms with Crippen LogP contribution in [0.1, 0.15) is 42.9 Å². The van der Waals surface area contributed by atoms with Crippen LogP contribution in [0.5, 0.6) is 5.75 Å². The van der Waals surface area contributed by atoms with E-state index < -0.39 is 6.10 Å². The first-order valence-corrected chi connectivity index (χ1v) is 6.06. The number of nitrogens with two attached hydrogens (primary N) is 1. The zero-order valence-corrected chi connectivity index (χ0v) is 11.1. The third kappa shape index (κ3) is 3.45. The molecule has 0 aliphatic heterocycles. The summed E-state index contributed by atoms with van der Waals surface area (Å²) < 4.78 is 0. The molecule has 1 rings (SSSR count). The van der Waals surface area contributed by atoms with Crippen LogP contribution in [0.3, 0.4) is 0 Å². The van der Waals surface area contributed by atoms with E-state index in [1.54, 1.807) is 12.1 Å². The average molecular weight is 237 g/mol. The van der Waals surface area contributed by atoms with Gasteiger partial charge in [-0.15, -0.1) is 0 Å². The number of aromatic hydroxyl groups is 1. The highest BCUT2D eigenvalue weighted by Crippen LogP contribution is 2.30. The van der Waals surface area contributed by atoms with Crippen molar-refractivity contribution in [3.05, 3.63) is 28.8 Å². The fraction of sp³-hybridized carbons (Fsp3) is 0.571. The topological polar surface area (TPSA) is 66.5 Å².